The van der Waals surface area contributed by atoms with Crippen molar-refractivity contribution >= 4 is 5.91 Å². The fourth-order valence-corrected chi connectivity index (χ4v) is 1.90. The second-order valence-electron chi connectivity index (χ2n) is 4.15. The van der Waals surface area contributed by atoms with Gasteiger partial charge in [0.15, 0.2) is 0 Å². The molecule has 2 atom stereocenters. The van der Waals surface area contributed by atoms with Crippen LogP contribution in [0.4, 0.5) is 0 Å². The van der Waals surface area contributed by atoms with E-state index in [1.54, 1.807) is 11.8 Å². The van der Waals surface area contributed by atoms with E-state index >= 15 is 0 Å². The lowest BCUT2D eigenvalue weighted by Gasteiger charge is -2.26. The van der Waals surface area contributed by atoms with Crippen LogP contribution in [-0.4, -0.2) is 29.0 Å². The Balaban J connectivity index is 2.76. The van der Waals surface area contributed by atoms with Crippen molar-refractivity contribution in [1.82, 2.24) is 4.90 Å². The Hall–Kier alpha value is -1.35. The summed E-state index contributed by atoms with van der Waals surface area (Å²) in [6, 6.07) is 9.32. The monoisotopic (exact) mass is 235 g/mol. The van der Waals surface area contributed by atoms with Crippen LogP contribution in [0.5, 0.6) is 0 Å². The van der Waals surface area contributed by atoms with E-state index in [-0.39, 0.29) is 5.91 Å². The predicted octanol–water partition coefficient (Wildman–Crippen LogP) is 2.22. The van der Waals surface area contributed by atoms with E-state index in [1.165, 1.54) is 0 Å². The summed E-state index contributed by atoms with van der Waals surface area (Å²) < 4.78 is 0. The van der Waals surface area contributed by atoms with Gasteiger partial charge < -0.3 is 10.0 Å². The van der Waals surface area contributed by atoms with Crippen LogP contribution in [0, 0.1) is 5.92 Å². The molecule has 0 heterocycles. The van der Waals surface area contributed by atoms with Gasteiger partial charge in [-0.15, -0.1) is 0 Å². The molecule has 0 unspecified atom stereocenters. The van der Waals surface area contributed by atoms with E-state index in [0.29, 0.717) is 13.1 Å². The number of carbonyl (C=O) groups excluding carboxylic acids is 1. The molecule has 0 saturated heterocycles. The molecule has 0 radical (unpaired) electrons. The summed E-state index contributed by atoms with van der Waals surface area (Å²) in [5.41, 5.74) is 0.792. The maximum atomic E-state index is 12.1. The lowest BCUT2D eigenvalue weighted by atomic mass is 9.96. The molecule has 0 aromatic heterocycles. The lowest BCUT2D eigenvalue weighted by molar-refractivity contribution is -0.138. The van der Waals surface area contributed by atoms with Crippen molar-refractivity contribution in [2.24, 2.45) is 5.92 Å². The molecular weight excluding hydrogens is 214 g/mol. The van der Waals surface area contributed by atoms with Gasteiger partial charge in [-0.3, -0.25) is 4.79 Å². The van der Waals surface area contributed by atoms with Crippen LogP contribution >= 0.6 is 0 Å². The fourth-order valence-electron chi connectivity index (χ4n) is 1.90. The van der Waals surface area contributed by atoms with Crippen molar-refractivity contribution in [1.29, 1.82) is 0 Å². The highest BCUT2D eigenvalue weighted by Gasteiger charge is 2.26. The van der Waals surface area contributed by atoms with Gasteiger partial charge in [-0.05, 0) is 19.4 Å². The number of hydrogen-bond acceptors (Lipinski definition) is 2. The fraction of sp³-hybridized carbons (Fsp3) is 0.500. The first-order chi connectivity index (χ1) is 8.11. The average molecular weight is 235 g/mol. The first kappa shape index (κ1) is 13.7. The summed E-state index contributed by atoms with van der Waals surface area (Å²) in [5.74, 6) is -0.399. The summed E-state index contributed by atoms with van der Waals surface area (Å²) in [5, 5.41) is 10.2. The van der Waals surface area contributed by atoms with Gasteiger partial charge in [0.1, 0.15) is 0 Å². The molecule has 1 aromatic rings. The van der Waals surface area contributed by atoms with E-state index in [1.807, 2.05) is 44.2 Å². The van der Waals surface area contributed by atoms with Crippen molar-refractivity contribution < 1.29 is 9.90 Å². The summed E-state index contributed by atoms with van der Waals surface area (Å²) in [6.07, 6.45) is -0.732. The van der Waals surface area contributed by atoms with E-state index in [0.717, 1.165) is 5.56 Å². The molecule has 3 heteroatoms. The third-order valence-electron chi connectivity index (χ3n) is 3.08. The topological polar surface area (TPSA) is 40.5 Å². The Morgan fingerprint density at radius 1 is 1.24 bits per heavy atom. The highest BCUT2D eigenvalue weighted by molar-refractivity contribution is 5.79. The van der Waals surface area contributed by atoms with Crippen molar-refractivity contribution in [3.8, 4) is 0 Å². The van der Waals surface area contributed by atoms with E-state index < -0.39 is 12.0 Å². The third kappa shape index (κ3) is 3.30. The molecule has 0 spiro atoms. The Bertz CT molecular complexity index is 346. The number of aliphatic hydroxyl groups excluding tert-OH is 1. The van der Waals surface area contributed by atoms with E-state index in [4.69, 9.17) is 0 Å². The maximum Gasteiger partial charge on any atom is 0.228 e. The van der Waals surface area contributed by atoms with Crippen LogP contribution in [-0.2, 0) is 4.79 Å². The molecule has 0 bridgehead atoms. The summed E-state index contributed by atoms with van der Waals surface area (Å²) in [6.45, 7) is 7.03. The van der Waals surface area contributed by atoms with Crippen molar-refractivity contribution in [2.45, 2.75) is 26.9 Å². The molecule has 1 amide bonds. The first-order valence-electron chi connectivity index (χ1n) is 6.13. The van der Waals surface area contributed by atoms with Gasteiger partial charge in [-0.2, -0.15) is 0 Å². The quantitative estimate of drug-likeness (QED) is 0.850. The Kier molecular flexibility index (Phi) is 5.16. The summed E-state index contributed by atoms with van der Waals surface area (Å²) >= 11 is 0. The van der Waals surface area contributed by atoms with Crippen LogP contribution in [0.2, 0.25) is 0 Å². The largest absolute Gasteiger partial charge is 0.388 e. The zero-order valence-corrected chi connectivity index (χ0v) is 10.8. The molecule has 0 aliphatic rings. The third-order valence-corrected chi connectivity index (χ3v) is 3.08. The predicted molar refractivity (Wildman–Crippen MR) is 68.5 cm³/mol. The van der Waals surface area contributed by atoms with Crippen LogP contribution in [0.25, 0.3) is 0 Å². The molecule has 1 N–H and O–H groups in total. The highest BCUT2D eigenvalue weighted by atomic mass is 16.3. The van der Waals surface area contributed by atoms with Crippen LogP contribution in [0.3, 0.4) is 0 Å². The van der Waals surface area contributed by atoms with Gasteiger partial charge in [0, 0.05) is 13.1 Å². The van der Waals surface area contributed by atoms with Crippen LogP contribution < -0.4 is 0 Å². The van der Waals surface area contributed by atoms with Gasteiger partial charge in [0.05, 0.1) is 12.0 Å². The molecule has 0 aliphatic heterocycles. The van der Waals surface area contributed by atoms with Crippen molar-refractivity contribution in [3.63, 3.8) is 0 Å². The van der Waals surface area contributed by atoms with Gasteiger partial charge in [0.25, 0.3) is 0 Å². The zero-order chi connectivity index (χ0) is 12.8. The lowest BCUT2D eigenvalue weighted by Crippen LogP contribution is -2.37. The minimum Gasteiger partial charge on any atom is -0.388 e. The number of amides is 1. The van der Waals surface area contributed by atoms with Gasteiger partial charge in [-0.25, -0.2) is 0 Å². The van der Waals surface area contributed by atoms with Crippen LogP contribution in [0.1, 0.15) is 32.4 Å². The molecule has 1 aromatic carbocycles. The average Bonchev–Trinajstić information content (AvgIpc) is 2.39. The zero-order valence-electron chi connectivity index (χ0n) is 10.8. The first-order valence-corrected chi connectivity index (χ1v) is 6.13. The normalized spacial score (nSPS) is 14.1. The van der Waals surface area contributed by atoms with Crippen molar-refractivity contribution in [3.05, 3.63) is 35.9 Å². The number of carbonyl (C=O) groups is 1. The Morgan fingerprint density at radius 2 is 1.76 bits per heavy atom. The Morgan fingerprint density at radius 3 is 2.24 bits per heavy atom. The molecule has 0 aliphatic carbocycles. The minimum atomic E-state index is -0.732. The second-order valence-corrected chi connectivity index (χ2v) is 4.15. The van der Waals surface area contributed by atoms with Gasteiger partial charge >= 0.3 is 0 Å². The number of benzene rings is 1. The minimum absolute atomic E-state index is 0.00588. The molecule has 94 valence electrons. The number of rotatable bonds is 5. The highest BCUT2D eigenvalue weighted by Crippen LogP contribution is 2.23. The number of aliphatic hydroxyl groups is 1. The molecule has 1 rings (SSSR count). The SMILES string of the molecule is CCN(CC)C(=O)[C@@H](C)[C@@H](O)c1ccccc1. The molecule has 0 saturated carbocycles. The van der Waals surface area contributed by atoms with E-state index in [2.05, 4.69) is 0 Å². The van der Waals surface area contributed by atoms with Gasteiger partial charge in [-0.1, -0.05) is 37.3 Å². The van der Waals surface area contributed by atoms with E-state index in [9.17, 15) is 9.90 Å². The van der Waals surface area contributed by atoms with Gasteiger partial charge in [0.2, 0.25) is 5.91 Å². The number of nitrogens with zero attached hydrogens (tertiary/aromatic N) is 1. The number of hydrogen-bond donors (Lipinski definition) is 1. The second kappa shape index (κ2) is 6.40. The summed E-state index contributed by atoms with van der Waals surface area (Å²) in [4.78, 5) is 13.8. The smallest absolute Gasteiger partial charge is 0.228 e. The van der Waals surface area contributed by atoms with Crippen molar-refractivity contribution in [2.75, 3.05) is 13.1 Å². The molecule has 0 fully saturated rings. The molecular formula is C14H21NO2. The molecule has 3 nitrogen and oxygen atoms in total. The maximum absolute atomic E-state index is 12.1. The summed E-state index contributed by atoms with van der Waals surface area (Å²) in [7, 11) is 0. The standard InChI is InChI=1S/C14H21NO2/c1-4-15(5-2)14(17)11(3)13(16)12-9-7-6-8-10-12/h6-11,13,16H,4-5H2,1-3H3/t11-,13+/m0/s1. The van der Waals surface area contributed by atoms with Crippen LogP contribution in [0.15, 0.2) is 30.3 Å². The molecule has 17 heavy (non-hydrogen) atoms. The Labute approximate surface area is 103 Å².